The van der Waals surface area contributed by atoms with E-state index in [4.69, 9.17) is 16.9 Å². The number of benzene rings is 1. The van der Waals surface area contributed by atoms with Crippen LogP contribution in [0.3, 0.4) is 0 Å². The second-order valence-corrected chi connectivity index (χ2v) is 5.01. The number of rotatable bonds is 6. The molecule has 0 heterocycles. The number of terminal acetylenes is 1. The molecule has 0 fully saturated rings. The van der Waals surface area contributed by atoms with Crippen LogP contribution < -0.4 is 15.8 Å². The molecule has 0 spiro atoms. The lowest BCUT2D eigenvalue weighted by Crippen LogP contribution is -2.29. The lowest BCUT2D eigenvalue weighted by Gasteiger charge is -2.14. The van der Waals surface area contributed by atoms with Crippen molar-refractivity contribution in [1.82, 2.24) is 5.32 Å². The van der Waals surface area contributed by atoms with Crippen molar-refractivity contribution in [3.05, 3.63) is 28.8 Å². The normalized spacial score (nSPS) is 11.6. The summed E-state index contributed by atoms with van der Waals surface area (Å²) >= 11 is 0. The molecule has 1 aromatic rings. The maximum atomic E-state index is 11.5. The number of hydrogen-bond acceptors (Lipinski definition) is 3. The minimum absolute atomic E-state index is 0.0317. The topological polar surface area (TPSA) is 64.3 Å². The van der Waals surface area contributed by atoms with Gasteiger partial charge in [0.25, 0.3) is 5.91 Å². The van der Waals surface area contributed by atoms with Crippen molar-refractivity contribution in [2.45, 2.75) is 33.2 Å². The summed E-state index contributed by atoms with van der Waals surface area (Å²) in [4.78, 5) is 11.5. The number of carbonyl (C=O) groups is 1. The molecule has 0 saturated heterocycles. The maximum absolute atomic E-state index is 11.5. The van der Waals surface area contributed by atoms with Crippen LogP contribution in [-0.2, 0) is 11.2 Å². The Hall–Kier alpha value is -1.99. The third kappa shape index (κ3) is 4.94. The van der Waals surface area contributed by atoms with Gasteiger partial charge < -0.3 is 15.8 Å². The van der Waals surface area contributed by atoms with E-state index >= 15 is 0 Å². The molecular formula is C16H22N2O2. The van der Waals surface area contributed by atoms with Crippen molar-refractivity contribution < 1.29 is 9.53 Å². The van der Waals surface area contributed by atoms with Crippen LogP contribution in [0.4, 0.5) is 0 Å². The first-order chi connectivity index (χ1) is 9.43. The van der Waals surface area contributed by atoms with Crippen LogP contribution in [0.5, 0.6) is 5.75 Å². The first-order valence-electron chi connectivity index (χ1n) is 6.62. The highest BCUT2D eigenvalue weighted by molar-refractivity contribution is 5.77. The fraction of sp³-hybridized carbons (Fsp3) is 0.438. The average molecular weight is 274 g/mol. The van der Waals surface area contributed by atoms with Gasteiger partial charge in [-0.25, -0.2) is 0 Å². The first-order valence-corrected chi connectivity index (χ1v) is 6.62. The fourth-order valence-corrected chi connectivity index (χ4v) is 2.10. The van der Waals surface area contributed by atoms with E-state index in [1.807, 2.05) is 32.9 Å². The molecule has 1 atom stereocenters. The summed E-state index contributed by atoms with van der Waals surface area (Å²) in [5.74, 6) is 2.87. The summed E-state index contributed by atoms with van der Waals surface area (Å²) in [6, 6.07) is 4.21. The summed E-state index contributed by atoms with van der Waals surface area (Å²) in [5, 5.41) is 2.56. The number of aryl methyl sites for hydroxylation is 2. The highest BCUT2D eigenvalue weighted by atomic mass is 16.5. The number of nitrogens with two attached hydrogens (primary N) is 1. The van der Waals surface area contributed by atoms with Gasteiger partial charge in [-0.2, -0.15) is 0 Å². The molecule has 0 aliphatic carbocycles. The third-order valence-electron chi connectivity index (χ3n) is 2.81. The average Bonchev–Trinajstić information content (AvgIpc) is 2.34. The predicted molar refractivity (Wildman–Crippen MR) is 80.6 cm³/mol. The van der Waals surface area contributed by atoms with Gasteiger partial charge in [0.05, 0.1) is 6.54 Å². The van der Waals surface area contributed by atoms with Gasteiger partial charge in [0.15, 0.2) is 6.61 Å². The van der Waals surface area contributed by atoms with Crippen LogP contribution in [0.1, 0.15) is 23.6 Å². The van der Waals surface area contributed by atoms with Gasteiger partial charge in [-0.05, 0) is 43.9 Å². The Morgan fingerprint density at radius 1 is 1.45 bits per heavy atom. The molecule has 0 aliphatic rings. The summed E-state index contributed by atoms with van der Waals surface area (Å²) in [6.07, 6.45) is 5.90. The van der Waals surface area contributed by atoms with E-state index in [-0.39, 0.29) is 25.1 Å². The van der Waals surface area contributed by atoms with Crippen molar-refractivity contribution in [2.75, 3.05) is 13.2 Å². The highest BCUT2D eigenvalue weighted by Crippen LogP contribution is 2.25. The van der Waals surface area contributed by atoms with E-state index in [1.165, 1.54) is 5.56 Å². The number of nitrogens with one attached hydrogen (secondary N) is 1. The molecule has 1 amide bonds. The second kappa shape index (κ2) is 7.56. The molecule has 0 saturated carbocycles. The molecule has 4 heteroatoms. The van der Waals surface area contributed by atoms with Crippen LogP contribution in [0.25, 0.3) is 0 Å². The van der Waals surface area contributed by atoms with E-state index in [2.05, 4.69) is 11.2 Å². The van der Waals surface area contributed by atoms with Crippen LogP contribution in [0, 0.1) is 26.2 Å². The quantitative estimate of drug-likeness (QED) is 0.769. The summed E-state index contributed by atoms with van der Waals surface area (Å²) in [6.45, 7) is 6.09. The second-order valence-electron chi connectivity index (χ2n) is 5.01. The highest BCUT2D eigenvalue weighted by Gasteiger charge is 2.09. The Bertz CT molecular complexity index is 493. The number of amides is 1. The summed E-state index contributed by atoms with van der Waals surface area (Å²) in [5.41, 5.74) is 9.00. The predicted octanol–water partition coefficient (Wildman–Crippen LogP) is 1.32. The zero-order valence-corrected chi connectivity index (χ0v) is 12.3. The van der Waals surface area contributed by atoms with Gasteiger partial charge >= 0.3 is 0 Å². The van der Waals surface area contributed by atoms with E-state index < -0.39 is 0 Å². The smallest absolute Gasteiger partial charge is 0.258 e. The molecule has 20 heavy (non-hydrogen) atoms. The van der Waals surface area contributed by atoms with Crippen molar-refractivity contribution in [3.8, 4) is 18.1 Å². The minimum atomic E-state index is -0.221. The molecule has 1 rings (SSSR count). The van der Waals surface area contributed by atoms with Crippen LogP contribution >= 0.6 is 0 Å². The Morgan fingerprint density at radius 3 is 2.55 bits per heavy atom. The van der Waals surface area contributed by atoms with Crippen molar-refractivity contribution in [2.24, 2.45) is 5.73 Å². The Balaban J connectivity index is 2.72. The fourth-order valence-electron chi connectivity index (χ4n) is 2.10. The molecule has 1 unspecified atom stereocenters. The van der Waals surface area contributed by atoms with Gasteiger partial charge in [-0.1, -0.05) is 18.1 Å². The van der Waals surface area contributed by atoms with E-state index in [9.17, 15) is 4.79 Å². The van der Waals surface area contributed by atoms with Gasteiger partial charge in [-0.15, -0.1) is 6.42 Å². The number of ether oxygens (including phenoxy) is 1. The third-order valence-corrected chi connectivity index (χ3v) is 2.81. The monoisotopic (exact) mass is 274 g/mol. The zero-order valence-electron chi connectivity index (χ0n) is 12.3. The van der Waals surface area contributed by atoms with Crippen LogP contribution in [0.15, 0.2) is 12.1 Å². The first kappa shape index (κ1) is 16.1. The lowest BCUT2D eigenvalue weighted by molar-refractivity contribution is -0.122. The van der Waals surface area contributed by atoms with E-state index in [0.717, 1.165) is 23.3 Å². The summed E-state index contributed by atoms with van der Waals surface area (Å²) < 4.78 is 5.57. The van der Waals surface area contributed by atoms with Crippen molar-refractivity contribution in [3.63, 3.8) is 0 Å². The van der Waals surface area contributed by atoms with Gasteiger partial charge in [0, 0.05) is 6.04 Å². The summed E-state index contributed by atoms with van der Waals surface area (Å²) in [7, 11) is 0. The van der Waals surface area contributed by atoms with Crippen molar-refractivity contribution >= 4 is 5.91 Å². The van der Waals surface area contributed by atoms with Crippen LogP contribution in [0.2, 0.25) is 0 Å². The maximum Gasteiger partial charge on any atom is 0.258 e. The molecule has 1 aromatic carbocycles. The minimum Gasteiger partial charge on any atom is -0.483 e. The van der Waals surface area contributed by atoms with Crippen molar-refractivity contribution in [1.29, 1.82) is 0 Å². The molecule has 0 bridgehead atoms. The van der Waals surface area contributed by atoms with Crippen LogP contribution in [-0.4, -0.2) is 25.1 Å². The Kier molecular flexibility index (Phi) is 6.08. The Labute approximate surface area is 120 Å². The SMILES string of the molecule is C#CCNC(=O)COc1c(C)cc(CC(C)N)cc1C. The molecule has 3 N–H and O–H groups in total. The molecule has 0 aromatic heterocycles. The lowest BCUT2D eigenvalue weighted by atomic mass is 10.0. The number of carbonyl (C=O) groups excluding carboxylic acids is 1. The molecule has 0 radical (unpaired) electrons. The van der Waals surface area contributed by atoms with Gasteiger partial charge in [0.2, 0.25) is 0 Å². The largest absolute Gasteiger partial charge is 0.483 e. The number of hydrogen-bond donors (Lipinski definition) is 2. The molecule has 0 aliphatic heterocycles. The molecular weight excluding hydrogens is 252 g/mol. The molecule has 108 valence electrons. The Morgan fingerprint density at radius 2 is 2.05 bits per heavy atom. The zero-order chi connectivity index (χ0) is 15.1. The standard InChI is InChI=1S/C16H22N2O2/c1-5-6-18-15(19)10-20-16-11(2)7-14(8-12(16)3)9-13(4)17/h1,7-8,13H,6,9-10,17H2,2-4H3,(H,18,19). The van der Waals surface area contributed by atoms with Gasteiger partial charge in [0.1, 0.15) is 5.75 Å². The van der Waals surface area contributed by atoms with E-state index in [0.29, 0.717) is 0 Å². The van der Waals surface area contributed by atoms with Gasteiger partial charge in [-0.3, -0.25) is 4.79 Å². The molecule has 4 nitrogen and oxygen atoms in total. The van der Waals surface area contributed by atoms with E-state index in [1.54, 1.807) is 0 Å².